The Morgan fingerprint density at radius 3 is 3.00 bits per heavy atom. The summed E-state index contributed by atoms with van der Waals surface area (Å²) in [6.07, 6.45) is 0.940. The molecule has 0 radical (unpaired) electrons. The molecule has 3 N–H and O–H groups in total. The minimum Gasteiger partial charge on any atom is -0.271 e. The zero-order valence-electron chi connectivity index (χ0n) is 9.56. The van der Waals surface area contributed by atoms with E-state index in [4.69, 9.17) is 17.4 Å². The number of rotatable bonds is 4. The lowest BCUT2D eigenvalue weighted by molar-refractivity contribution is 0.523. The quantitative estimate of drug-likeness (QED) is 0.660. The molecule has 2 rings (SSSR count). The monoisotopic (exact) mass is 288 g/mol. The van der Waals surface area contributed by atoms with Crippen LogP contribution in [0, 0.1) is 0 Å². The topological polar surface area (TPSA) is 38.0 Å². The van der Waals surface area contributed by atoms with Gasteiger partial charge in [-0.25, -0.2) is 0 Å². The minimum atomic E-state index is 0.325. The number of benzene rings is 1. The maximum atomic E-state index is 6.00. The summed E-state index contributed by atoms with van der Waals surface area (Å²) in [6, 6.07) is 8.35. The average molecular weight is 289 g/mol. The van der Waals surface area contributed by atoms with E-state index in [9.17, 15) is 0 Å². The SMILES string of the molecule is NNC(Cc1cccc(Cl)c1)C1CSCCS1. The van der Waals surface area contributed by atoms with Gasteiger partial charge >= 0.3 is 0 Å². The highest BCUT2D eigenvalue weighted by Crippen LogP contribution is 2.27. The third-order valence-corrected chi connectivity index (χ3v) is 6.00. The van der Waals surface area contributed by atoms with Gasteiger partial charge in [-0.3, -0.25) is 11.3 Å². The summed E-state index contributed by atoms with van der Waals surface area (Å²) in [5.41, 5.74) is 4.21. The Balaban J connectivity index is 1.98. The minimum absolute atomic E-state index is 0.325. The highest BCUT2D eigenvalue weighted by Gasteiger charge is 2.23. The lowest BCUT2D eigenvalue weighted by Crippen LogP contribution is -2.46. The molecule has 1 aliphatic rings. The van der Waals surface area contributed by atoms with E-state index in [1.54, 1.807) is 0 Å². The molecule has 1 aliphatic heterocycles. The van der Waals surface area contributed by atoms with Gasteiger partial charge in [-0.15, -0.1) is 0 Å². The Labute approximate surface area is 116 Å². The molecule has 1 heterocycles. The first-order valence-electron chi connectivity index (χ1n) is 5.69. The molecular formula is C12H17ClN2S2. The molecule has 0 bridgehead atoms. The van der Waals surface area contributed by atoms with E-state index in [-0.39, 0.29) is 0 Å². The molecule has 5 heteroatoms. The number of hydrazine groups is 1. The molecule has 1 aromatic rings. The van der Waals surface area contributed by atoms with Gasteiger partial charge in [-0.2, -0.15) is 23.5 Å². The first kappa shape index (κ1) is 13.6. The summed E-state index contributed by atoms with van der Waals surface area (Å²) in [6.45, 7) is 0. The summed E-state index contributed by atoms with van der Waals surface area (Å²) in [5.74, 6) is 9.35. The van der Waals surface area contributed by atoms with E-state index in [2.05, 4.69) is 11.5 Å². The van der Waals surface area contributed by atoms with Crippen LogP contribution in [0.25, 0.3) is 0 Å². The van der Waals surface area contributed by atoms with Crippen LogP contribution in [0.4, 0.5) is 0 Å². The maximum absolute atomic E-state index is 6.00. The molecule has 2 unspecified atom stereocenters. The molecule has 0 saturated carbocycles. The Kier molecular flexibility index (Phi) is 5.50. The Morgan fingerprint density at radius 2 is 2.35 bits per heavy atom. The normalized spacial score (nSPS) is 22.4. The fourth-order valence-electron chi connectivity index (χ4n) is 1.95. The molecule has 2 atom stereocenters. The largest absolute Gasteiger partial charge is 0.271 e. The summed E-state index contributed by atoms with van der Waals surface area (Å²) in [5, 5.41) is 1.39. The van der Waals surface area contributed by atoms with Gasteiger partial charge in [0.25, 0.3) is 0 Å². The fraction of sp³-hybridized carbons (Fsp3) is 0.500. The first-order valence-corrected chi connectivity index (χ1v) is 8.27. The molecular weight excluding hydrogens is 272 g/mol. The van der Waals surface area contributed by atoms with Gasteiger partial charge in [0, 0.05) is 33.6 Å². The van der Waals surface area contributed by atoms with E-state index in [0.717, 1.165) is 11.4 Å². The van der Waals surface area contributed by atoms with Crippen LogP contribution in [-0.4, -0.2) is 28.6 Å². The van der Waals surface area contributed by atoms with E-state index in [0.29, 0.717) is 11.3 Å². The van der Waals surface area contributed by atoms with E-state index >= 15 is 0 Å². The number of hydrogen-bond acceptors (Lipinski definition) is 4. The molecule has 1 aromatic carbocycles. The van der Waals surface area contributed by atoms with E-state index in [1.165, 1.54) is 22.8 Å². The van der Waals surface area contributed by atoms with Crippen molar-refractivity contribution < 1.29 is 0 Å². The van der Waals surface area contributed by atoms with Crippen molar-refractivity contribution in [3.05, 3.63) is 34.9 Å². The molecule has 0 aliphatic carbocycles. The number of thioether (sulfide) groups is 2. The second-order valence-corrected chi connectivity index (χ2v) is 7.02. The second-order valence-electron chi connectivity index (χ2n) is 4.09. The maximum Gasteiger partial charge on any atom is 0.0408 e. The number of halogens is 1. The van der Waals surface area contributed by atoms with Crippen LogP contribution in [0.3, 0.4) is 0 Å². The number of hydrogen-bond donors (Lipinski definition) is 2. The van der Waals surface area contributed by atoms with Gasteiger partial charge < -0.3 is 0 Å². The van der Waals surface area contributed by atoms with Crippen molar-refractivity contribution in [2.75, 3.05) is 17.3 Å². The van der Waals surface area contributed by atoms with Gasteiger partial charge in [-0.1, -0.05) is 23.7 Å². The van der Waals surface area contributed by atoms with Crippen LogP contribution in [0.15, 0.2) is 24.3 Å². The fourth-order valence-corrected chi connectivity index (χ4v) is 5.04. The van der Waals surface area contributed by atoms with Crippen molar-refractivity contribution in [2.24, 2.45) is 5.84 Å². The lowest BCUT2D eigenvalue weighted by atomic mass is 10.0. The molecule has 0 amide bonds. The van der Waals surface area contributed by atoms with Crippen LogP contribution in [0.1, 0.15) is 5.56 Å². The highest BCUT2D eigenvalue weighted by atomic mass is 35.5. The van der Waals surface area contributed by atoms with Crippen LogP contribution in [-0.2, 0) is 6.42 Å². The van der Waals surface area contributed by atoms with Crippen molar-refractivity contribution in [1.29, 1.82) is 0 Å². The van der Waals surface area contributed by atoms with Crippen LogP contribution in [0.5, 0.6) is 0 Å². The van der Waals surface area contributed by atoms with Gasteiger partial charge in [0.15, 0.2) is 0 Å². The number of nitrogens with one attached hydrogen (secondary N) is 1. The van der Waals surface area contributed by atoms with Crippen LogP contribution >= 0.6 is 35.1 Å². The highest BCUT2D eigenvalue weighted by molar-refractivity contribution is 8.06. The summed E-state index contributed by atoms with van der Waals surface area (Å²) in [4.78, 5) is 0. The molecule has 94 valence electrons. The smallest absolute Gasteiger partial charge is 0.0408 e. The summed E-state index contributed by atoms with van der Waals surface area (Å²) >= 11 is 10.0. The Hall–Kier alpha value is 0.130. The molecule has 2 nitrogen and oxygen atoms in total. The molecule has 1 fully saturated rings. The third-order valence-electron chi connectivity index (χ3n) is 2.85. The van der Waals surface area contributed by atoms with Crippen molar-refractivity contribution >= 4 is 35.1 Å². The standard InChI is InChI=1S/C12H17ClN2S2/c13-10-3-1-2-9(6-10)7-11(15-14)12-8-16-4-5-17-12/h1-3,6,11-12,15H,4-5,7-8,14H2. The van der Waals surface area contributed by atoms with Crippen LogP contribution < -0.4 is 11.3 Å². The Morgan fingerprint density at radius 1 is 1.47 bits per heavy atom. The summed E-state index contributed by atoms with van der Waals surface area (Å²) in [7, 11) is 0. The third kappa shape index (κ3) is 4.07. The van der Waals surface area contributed by atoms with E-state index < -0.39 is 0 Å². The van der Waals surface area contributed by atoms with Crippen molar-refractivity contribution in [1.82, 2.24) is 5.43 Å². The van der Waals surface area contributed by atoms with Gasteiger partial charge in [-0.05, 0) is 24.1 Å². The van der Waals surface area contributed by atoms with Gasteiger partial charge in [0.05, 0.1) is 0 Å². The van der Waals surface area contributed by atoms with Crippen LogP contribution in [0.2, 0.25) is 5.02 Å². The predicted octanol–water partition coefficient (Wildman–Crippen LogP) is 2.56. The Bertz CT molecular complexity index is 356. The zero-order valence-corrected chi connectivity index (χ0v) is 12.0. The van der Waals surface area contributed by atoms with Gasteiger partial charge in [0.2, 0.25) is 0 Å². The second kappa shape index (κ2) is 6.90. The predicted molar refractivity (Wildman–Crippen MR) is 79.8 cm³/mol. The van der Waals surface area contributed by atoms with Crippen molar-refractivity contribution in [2.45, 2.75) is 17.7 Å². The van der Waals surface area contributed by atoms with E-state index in [1.807, 2.05) is 41.7 Å². The molecule has 17 heavy (non-hydrogen) atoms. The zero-order chi connectivity index (χ0) is 12.1. The average Bonchev–Trinajstić information content (AvgIpc) is 2.37. The number of nitrogens with two attached hydrogens (primary N) is 1. The molecule has 1 saturated heterocycles. The van der Waals surface area contributed by atoms with Crippen molar-refractivity contribution in [3.63, 3.8) is 0 Å². The summed E-state index contributed by atoms with van der Waals surface area (Å²) < 4.78 is 0. The lowest BCUT2D eigenvalue weighted by Gasteiger charge is -2.29. The molecule has 0 spiro atoms. The van der Waals surface area contributed by atoms with Crippen molar-refractivity contribution in [3.8, 4) is 0 Å². The van der Waals surface area contributed by atoms with Gasteiger partial charge in [0.1, 0.15) is 0 Å². The molecule has 0 aromatic heterocycles. The first-order chi connectivity index (χ1) is 8.29.